The fourth-order valence-corrected chi connectivity index (χ4v) is 3.97. The topological polar surface area (TPSA) is 71.1 Å². The van der Waals surface area contributed by atoms with Crippen LogP contribution in [0.15, 0.2) is 35.2 Å². The van der Waals surface area contributed by atoms with Gasteiger partial charge >= 0.3 is 0 Å². The molecule has 2 aromatic rings. The average Bonchev–Trinajstić information content (AvgIpc) is 2.90. The molecule has 1 aliphatic rings. The zero-order chi connectivity index (χ0) is 12.6. The zero-order valence-corrected chi connectivity index (χ0v) is 11.0. The van der Waals surface area contributed by atoms with Crippen LogP contribution in [0, 0.1) is 0 Å². The first-order valence-corrected chi connectivity index (χ1v) is 7.72. The number of fused-ring (bicyclic) bond motifs is 1. The highest BCUT2D eigenvalue weighted by Gasteiger charge is 2.20. The monoisotopic (exact) mass is 281 g/mol. The van der Waals surface area contributed by atoms with Gasteiger partial charge in [0.2, 0.25) is 0 Å². The Bertz CT molecular complexity index is 643. The summed E-state index contributed by atoms with van der Waals surface area (Å²) in [7, 11) is -3.52. The highest BCUT2D eigenvalue weighted by atomic mass is 32.2. The maximum absolute atomic E-state index is 12.1. The summed E-state index contributed by atoms with van der Waals surface area (Å²) in [6.45, 7) is 1.47. The molecule has 1 aliphatic heterocycles. The lowest BCUT2D eigenvalue weighted by molar-refractivity contribution is 0.601. The molecular weight excluding hydrogens is 270 g/mol. The lowest BCUT2D eigenvalue weighted by Gasteiger charge is -2.04. The van der Waals surface area contributed by atoms with E-state index in [4.69, 9.17) is 0 Å². The number of hydrogen-bond acceptors (Lipinski definition) is 5. The van der Waals surface area contributed by atoms with Gasteiger partial charge in [-0.3, -0.25) is 4.72 Å². The van der Waals surface area contributed by atoms with Crippen LogP contribution in [0.25, 0.3) is 0 Å². The summed E-state index contributed by atoms with van der Waals surface area (Å²) < 4.78 is 26.7. The van der Waals surface area contributed by atoms with Gasteiger partial charge in [-0.2, -0.15) is 0 Å². The second-order valence-electron chi connectivity index (χ2n) is 3.91. The summed E-state index contributed by atoms with van der Waals surface area (Å²) in [6.07, 6.45) is 0. The van der Waals surface area contributed by atoms with Crippen molar-refractivity contribution in [1.82, 2.24) is 10.3 Å². The summed E-state index contributed by atoms with van der Waals surface area (Å²) in [6, 6.07) is 8.29. The Labute approximate surface area is 109 Å². The average molecular weight is 281 g/mol. The van der Waals surface area contributed by atoms with E-state index < -0.39 is 10.0 Å². The van der Waals surface area contributed by atoms with Crippen LogP contribution in [0.2, 0.25) is 0 Å². The summed E-state index contributed by atoms with van der Waals surface area (Å²) in [5.74, 6) is 0. The Balaban J connectivity index is 1.88. The van der Waals surface area contributed by atoms with Gasteiger partial charge in [-0.25, -0.2) is 13.4 Å². The van der Waals surface area contributed by atoms with Crippen LogP contribution in [0.1, 0.15) is 10.6 Å². The highest BCUT2D eigenvalue weighted by Crippen LogP contribution is 2.27. The molecule has 3 rings (SSSR count). The number of nitrogens with one attached hydrogen (secondary N) is 2. The minimum Gasteiger partial charge on any atom is -0.306 e. The second kappa shape index (κ2) is 4.34. The smallest absolute Gasteiger partial charge is 0.263 e. The summed E-state index contributed by atoms with van der Waals surface area (Å²) in [5.41, 5.74) is 0.936. The van der Waals surface area contributed by atoms with Crippen LogP contribution in [-0.2, 0) is 23.1 Å². The molecule has 0 bridgehead atoms. The molecule has 1 aromatic heterocycles. The summed E-state index contributed by atoms with van der Waals surface area (Å²) >= 11 is 1.38. The van der Waals surface area contributed by atoms with E-state index in [2.05, 4.69) is 15.0 Å². The maximum atomic E-state index is 12.1. The predicted molar refractivity (Wildman–Crippen MR) is 69.9 cm³/mol. The maximum Gasteiger partial charge on any atom is 0.263 e. The molecule has 94 valence electrons. The molecule has 0 aliphatic carbocycles. The summed E-state index contributed by atoms with van der Waals surface area (Å²) in [5, 5.41) is 3.60. The van der Waals surface area contributed by atoms with Gasteiger partial charge in [-0.1, -0.05) is 29.5 Å². The first-order chi connectivity index (χ1) is 8.65. The minimum atomic E-state index is -3.52. The third kappa shape index (κ3) is 2.12. The Morgan fingerprint density at radius 2 is 2.00 bits per heavy atom. The first kappa shape index (κ1) is 11.6. The number of thiazole rings is 1. The molecule has 1 aromatic carbocycles. The van der Waals surface area contributed by atoms with Gasteiger partial charge in [0.25, 0.3) is 10.0 Å². The molecule has 0 saturated carbocycles. The lowest BCUT2D eigenvalue weighted by Crippen LogP contribution is -2.13. The Morgan fingerprint density at radius 1 is 1.22 bits per heavy atom. The van der Waals surface area contributed by atoms with Gasteiger partial charge in [0, 0.05) is 18.0 Å². The van der Waals surface area contributed by atoms with Crippen molar-refractivity contribution in [2.24, 2.45) is 0 Å². The molecule has 2 N–H and O–H groups in total. The molecule has 7 heteroatoms. The normalized spacial score (nSPS) is 14.4. The van der Waals surface area contributed by atoms with Gasteiger partial charge in [0.05, 0.1) is 10.6 Å². The molecule has 18 heavy (non-hydrogen) atoms. The number of sulfonamides is 1. The Hall–Kier alpha value is -1.44. The van der Waals surface area contributed by atoms with Crippen molar-refractivity contribution in [3.05, 3.63) is 40.9 Å². The molecule has 5 nitrogen and oxygen atoms in total. The molecule has 0 amide bonds. The van der Waals surface area contributed by atoms with Gasteiger partial charge in [0.15, 0.2) is 5.13 Å². The SMILES string of the molecule is O=S(=O)(Nc1nc2c(s1)CNC2)c1ccccc1. The van der Waals surface area contributed by atoms with Crippen LogP contribution in [0.3, 0.4) is 0 Å². The van der Waals surface area contributed by atoms with E-state index in [1.165, 1.54) is 11.3 Å². The summed E-state index contributed by atoms with van der Waals surface area (Å²) in [4.78, 5) is 5.61. The fraction of sp³-hybridized carbons (Fsp3) is 0.182. The van der Waals surface area contributed by atoms with Crippen LogP contribution < -0.4 is 10.0 Å². The van der Waals surface area contributed by atoms with E-state index in [1.54, 1.807) is 30.3 Å². The third-order valence-electron chi connectivity index (χ3n) is 2.63. The van der Waals surface area contributed by atoms with Crippen molar-refractivity contribution >= 4 is 26.5 Å². The molecule has 2 heterocycles. The van der Waals surface area contributed by atoms with Gasteiger partial charge < -0.3 is 5.32 Å². The van der Waals surface area contributed by atoms with Crippen LogP contribution >= 0.6 is 11.3 Å². The molecule has 0 unspecified atom stereocenters. The Morgan fingerprint density at radius 3 is 2.72 bits per heavy atom. The quantitative estimate of drug-likeness (QED) is 0.895. The highest BCUT2D eigenvalue weighted by molar-refractivity contribution is 7.93. The number of benzene rings is 1. The number of nitrogens with zero attached hydrogens (tertiary/aromatic N) is 1. The lowest BCUT2D eigenvalue weighted by atomic mass is 10.4. The van der Waals surface area contributed by atoms with Crippen molar-refractivity contribution in [3.63, 3.8) is 0 Å². The van der Waals surface area contributed by atoms with Gasteiger partial charge in [-0.15, -0.1) is 0 Å². The number of rotatable bonds is 3. The van der Waals surface area contributed by atoms with E-state index in [0.717, 1.165) is 17.1 Å². The van der Waals surface area contributed by atoms with Crippen molar-refractivity contribution in [1.29, 1.82) is 0 Å². The van der Waals surface area contributed by atoms with Crippen molar-refractivity contribution in [3.8, 4) is 0 Å². The van der Waals surface area contributed by atoms with Crippen molar-refractivity contribution in [2.75, 3.05) is 4.72 Å². The largest absolute Gasteiger partial charge is 0.306 e. The molecule has 0 saturated heterocycles. The van der Waals surface area contributed by atoms with Crippen LogP contribution in [0.5, 0.6) is 0 Å². The van der Waals surface area contributed by atoms with E-state index in [9.17, 15) is 8.42 Å². The minimum absolute atomic E-state index is 0.249. The van der Waals surface area contributed by atoms with Gasteiger partial charge in [-0.05, 0) is 12.1 Å². The number of hydrogen-bond donors (Lipinski definition) is 2. The van der Waals surface area contributed by atoms with Crippen LogP contribution in [-0.4, -0.2) is 13.4 Å². The molecule has 0 atom stereocenters. The molecule has 0 radical (unpaired) electrons. The predicted octanol–water partition coefficient (Wildman–Crippen LogP) is 1.55. The van der Waals surface area contributed by atoms with Crippen LogP contribution in [0.4, 0.5) is 5.13 Å². The zero-order valence-electron chi connectivity index (χ0n) is 9.38. The van der Waals surface area contributed by atoms with Gasteiger partial charge in [0.1, 0.15) is 0 Å². The van der Waals surface area contributed by atoms with Crippen molar-refractivity contribution < 1.29 is 8.42 Å². The fourth-order valence-electron chi connectivity index (χ4n) is 1.77. The molecular formula is C11H11N3O2S2. The van der Waals surface area contributed by atoms with E-state index in [1.807, 2.05) is 0 Å². The number of aromatic nitrogens is 1. The molecule has 0 spiro atoms. The van der Waals surface area contributed by atoms with E-state index in [-0.39, 0.29) is 4.90 Å². The standard InChI is InChI=1S/C11H11N3O2S2/c15-18(16,8-4-2-1-3-5-8)14-11-13-9-6-12-7-10(9)17-11/h1-5,12H,6-7H2,(H,13,14). The first-order valence-electron chi connectivity index (χ1n) is 5.42. The number of anilines is 1. The Kier molecular flexibility index (Phi) is 2.81. The molecule has 0 fully saturated rings. The second-order valence-corrected chi connectivity index (χ2v) is 6.68. The van der Waals surface area contributed by atoms with E-state index >= 15 is 0 Å². The third-order valence-corrected chi connectivity index (χ3v) is 5.13. The van der Waals surface area contributed by atoms with E-state index in [0.29, 0.717) is 11.7 Å². The van der Waals surface area contributed by atoms with Crippen molar-refractivity contribution in [2.45, 2.75) is 18.0 Å².